The number of unbranched alkanes of at least 4 members (excludes halogenated alkanes) is 11. The van der Waals surface area contributed by atoms with Gasteiger partial charge in [-0.2, -0.15) is 0 Å². The molecule has 1 saturated carbocycles. The number of aliphatic hydroxyl groups is 2. The molecular weight excluding hydrogens is 915 g/mol. The standard InChI is InChI=1S/C62H85N3O8/c1-7-9-10-11-12-13-14-15-16-23-39-69-60(68)65(43-48-30-25-29-46-27-17-18-32-51(46)48)57-42-55(64-73-61(4,5)6)53-40-47(28-19-21-36-66)52(33-20-22-37-67)58-54-41-50(70-44-49-31-24-26-45(3)63-49)34-35-56(54)72-62(57,59(53)58)71-38-8-2/h8,17-18,24-27,29-32,34-35,40-41,47,52,57-59,66-67H,2,7,9-16,19-23,28,33,36-39,42-44H2,1,3-6H3. The molecule has 2 N–H and O–H groups in total. The number of aromatic nitrogens is 1. The van der Waals surface area contributed by atoms with E-state index in [9.17, 15) is 10.2 Å². The van der Waals surface area contributed by atoms with E-state index in [1.807, 2.05) is 81.1 Å². The second kappa shape index (κ2) is 27.3. The Morgan fingerprint density at radius 1 is 0.877 bits per heavy atom. The highest BCUT2D eigenvalue weighted by molar-refractivity contribution is 6.03. The molecule has 1 fully saturated rings. The first-order chi connectivity index (χ1) is 35.5. The smallest absolute Gasteiger partial charge is 0.410 e. The molecule has 0 spiro atoms. The number of aryl methyl sites for hydroxylation is 1. The third-order valence-corrected chi connectivity index (χ3v) is 15.0. The van der Waals surface area contributed by atoms with Crippen LogP contribution in [0, 0.1) is 24.7 Å². The molecule has 73 heavy (non-hydrogen) atoms. The van der Waals surface area contributed by atoms with Crippen LogP contribution in [-0.4, -0.2) is 75.8 Å². The number of oxime groups is 1. The number of carbonyl (C=O) groups excluding carboxylic acids is 1. The minimum atomic E-state index is -1.45. The fraction of sp³-hybridized carbons (Fsp3) is 0.565. The lowest BCUT2D eigenvalue weighted by molar-refractivity contribution is -0.256. The zero-order valence-electron chi connectivity index (χ0n) is 44.7. The lowest BCUT2D eigenvalue weighted by Crippen LogP contribution is -2.70. The molecule has 0 saturated heterocycles. The largest absolute Gasteiger partial charge is 0.487 e. The summed E-state index contributed by atoms with van der Waals surface area (Å²) in [7, 11) is 0. The SMILES string of the molecule is C=CCOC12Oc3ccc(OCc4cccc(C)n4)cc3C3C(CCCCO)C(CCCCO)C=C(C(=NOC(C)(C)C)CC1N(Cc1cccc4ccccc14)C(=O)OCCCCCCCCCCCC)C32. The van der Waals surface area contributed by atoms with Gasteiger partial charge in [0.25, 0.3) is 0 Å². The van der Waals surface area contributed by atoms with Crippen LogP contribution in [0.5, 0.6) is 11.5 Å². The molecule has 3 aliphatic rings. The molecule has 0 radical (unpaired) electrons. The van der Waals surface area contributed by atoms with Gasteiger partial charge in [0.05, 0.1) is 37.1 Å². The van der Waals surface area contributed by atoms with Gasteiger partial charge in [0.15, 0.2) is 0 Å². The van der Waals surface area contributed by atoms with Crippen molar-refractivity contribution in [3.8, 4) is 11.5 Å². The first-order valence-electron chi connectivity index (χ1n) is 27.7. The maximum atomic E-state index is 15.4. The second-order valence-corrected chi connectivity index (χ2v) is 21.6. The van der Waals surface area contributed by atoms with Crippen molar-refractivity contribution in [3.63, 3.8) is 0 Å². The third kappa shape index (κ3) is 14.5. The Morgan fingerprint density at radius 3 is 2.32 bits per heavy atom. The molecule has 6 unspecified atom stereocenters. The molecule has 6 atom stereocenters. The highest BCUT2D eigenvalue weighted by Crippen LogP contribution is 2.62. The number of hydrogen-bond donors (Lipinski definition) is 2. The number of pyridine rings is 1. The summed E-state index contributed by atoms with van der Waals surface area (Å²) < 4.78 is 27.8. The van der Waals surface area contributed by atoms with Crippen LogP contribution in [0.25, 0.3) is 10.8 Å². The summed E-state index contributed by atoms with van der Waals surface area (Å²) in [6.07, 6.45) is 20.4. The Kier molecular flexibility index (Phi) is 20.8. The van der Waals surface area contributed by atoms with Crippen molar-refractivity contribution in [3.05, 3.63) is 126 Å². The van der Waals surface area contributed by atoms with Crippen LogP contribution in [0.2, 0.25) is 0 Å². The van der Waals surface area contributed by atoms with Crippen LogP contribution in [0.1, 0.15) is 165 Å². The third-order valence-electron chi connectivity index (χ3n) is 15.0. The average molecular weight is 1000 g/mol. The summed E-state index contributed by atoms with van der Waals surface area (Å²) in [5.41, 5.74) is 4.84. The van der Waals surface area contributed by atoms with Crippen LogP contribution in [0.4, 0.5) is 4.79 Å². The van der Waals surface area contributed by atoms with E-state index in [1.165, 1.54) is 44.9 Å². The summed E-state index contributed by atoms with van der Waals surface area (Å²) in [4.78, 5) is 28.3. The quantitative estimate of drug-likeness (QED) is 0.0310. The van der Waals surface area contributed by atoms with Crippen molar-refractivity contribution >= 4 is 22.6 Å². The molecule has 396 valence electrons. The topological polar surface area (TPSA) is 132 Å². The number of carbonyl (C=O) groups is 1. The van der Waals surface area contributed by atoms with Gasteiger partial charge in [-0.1, -0.05) is 143 Å². The Morgan fingerprint density at radius 2 is 1.59 bits per heavy atom. The normalized spacial score (nSPS) is 21.7. The Labute approximate surface area is 436 Å². The number of benzene rings is 3. The molecule has 11 heteroatoms. The van der Waals surface area contributed by atoms with Gasteiger partial charge < -0.3 is 34.0 Å². The Hall–Kier alpha value is -5.23. The first-order valence-corrected chi connectivity index (χ1v) is 27.7. The van der Waals surface area contributed by atoms with Crippen LogP contribution >= 0.6 is 0 Å². The highest BCUT2D eigenvalue weighted by Gasteiger charge is 2.66. The van der Waals surface area contributed by atoms with Gasteiger partial charge in [-0.3, -0.25) is 9.88 Å². The van der Waals surface area contributed by atoms with E-state index < -0.39 is 29.4 Å². The Balaban J connectivity index is 1.36. The molecule has 0 bridgehead atoms. The van der Waals surface area contributed by atoms with Gasteiger partial charge in [0.1, 0.15) is 29.7 Å². The summed E-state index contributed by atoms with van der Waals surface area (Å²) in [6.45, 7) is 15.5. The molecule has 1 aromatic heterocycles. The molecule has 1 aliphatic heterocycles. The van der Waals surface area contributed by atoms with Gasteiger partial charge in [0, 0.05) is 36.8 Å². The van der Waals surface area contributed by atoms with E-state index in [4.69, 9.17) is 33.9 Å². The van der Waals surface area contributed by atoms with Crippen LogP contribution in [0.3, 0.4) is 0 Å². The second-order valence-electron chi connectivity index (χ2n) is 21.6. The summed E-state index contributed by atoms with van der Waals surface area (Å²) >= 11 is 0. The molecule has 4 aromatic rings. The predicted octanol–water partition coefficient (Wildman–Crippen LogP) is 14.1. The monoisotopic (exact) mass is 1000 g/mol. The Bertz CT molecular complexity index is 2440. The fourth-order valence-corrected chi connectivity index (χ4v) is 11.5. The maximum absolute atomic E-state index is 15.4. The van der Waals surface area contributed by atoms with E-state index in [2.05, 4.69) is 49.9 Å². The van der Waals surface area contributed by atoms with Gasteiger partial charge in [0.2, 0.25) is 5.79 Å². The highest BCUT2D eigenvalue weighted by atomic mass is 16.7. The van der Waals surface area contributed by atoms with Crippen LogP contribution < -0.4 is 9.47 Å². The first kappa shape index (κ1) is 55.5. The van der Waals surface area contributed by atoms with E-state index in [0.717, 1.165) is 89.5 Å². The van der Waals surface area contributed by atoms with Crippen LogP contribution in [-0.2, 0) is 27.5 Å². The molecule has 1 amide bonds. The van der Waals surface area contributed by atoms with E-state index in [-0.39, 0.29) is 50.5 Å². The van der Waals surface area contributed by atoms with Gasteiger partial charge in [-0.25, -0.2) is 4.79 Å². The number of nitrogens with zero attached hydrogens (tertiary/aromatic N) is 3. The minimum Gasteiger partial charge on any atom is -0.487 e. The molecule has 11 nitrogen and oxygen atoms in total. The summed E-state index contributed by atoms with van der Waals surface area (Å²) in [5, 5.41) is 27.4. The molecule has 3 aromatic carbocycles. The number of ether oxygens (including phenoxy) is 4. The van der Waals surface area contributed by atoms with Crippen molar-refractivity contribution in [1.82, 2.24) is 9.88 Å². The number of fused-ring (bicyclic) bond motifs is 3. The zero-order valence-corrected chi connectivity index (χ0v) is 44.7. The molecule has 2 heterocycles. The van der Waals surface area contributed by atoms with Crippen LogP contribution in [0.15, 0.2) is 108 Å². The van der Waals surface area contributed by atoms with Crippen molar-refractivity contribution in [2.24, 2.45) is 22.9 Å². The summed E-state index contributed by atoms with van der Waals surface area (Å²) in [5.74, 6) is -0.644. The number of aliphatic hydroxyl groups excluding tert-OH is 2. The predicted molar refractivity (Wildman–Crippen MR) is 292 cm³/mol. The lowest BCUT2D eigenvalue weighted by atomic mass is 9.55. The fourth-order valence-electron chi connectivity index (χ4n) is 11.5. The van der Waals surface area contributed by atoms with Crippen molar-refractivity contribution in [1.29, 1.82) is 0 Å². The maximum Gasteiger partial charge on any atom is 0.410 e. The zero-order chi connectivity index (χ0) is 51.6. The van der Waals surface area contributed by atoms with Crippen molar-refractivity contribution < 1.29 is 38.8 Å². The number of hydrogen-bond acceptors (Lipinski definition) is 10. The lowest BCUT2D eigenvalue weighted by Gasteiger charge is -2.60. The van der Waals surface area contributed by atoms with Gasteiger partial charge in [-0.15, -0.1) is 6.58 Å². The van der Waals surface area contributed by atoms with Crippen molar-refractivity contribution in [2.75, 3.05) is 26.4 Å². The van der Waals surface area contributed by atoms with E-state index >= 15 is 4.79 Å². The van der Waals surface area contributed by atoms with Gasteiger partial charge >= 0.3 is 6.09 Å². The van der Waals surface area contributed by atoms with E-state index in [0.29, 0.717) is 37.6 Å². The van der Waals surface area contributed by atoms with Crippen molar-refractivity contribution in [2.45, 2.75) is 180 Å². The number of rotatable bonds is 29. The molecule has 7 rings (SSSR count). The van der Waals surface area contributed by atoms with Gasteiger partial charge in [-0.05, 0) is 124 Å². The average Bonchev–Trinajstić information content (AvgIpc) is 3.38. The molecule has 2 aliphatic carbocycles. The summed E-state index contributed by atoms with van der Waals surface area (Å²) in [6, 6.07) is 25.8. The molecular formula is C62H85N3O8. The number of allylic oxidation sites excluding steroid dienone is 1. The van der Waals surface area contributed by atoms with E-state index in [1.54, 1.807) is 6.08 Å². The number of amides is 1. The minimum absolute atomic E-state index is 0.0559.